The minimum atomic E-state index is -1.22. The Morgan fingerprint density at radius 2 is 1.93 bits per heavy atom. The van der Waals surface area contributed by atoms with Crippen molar-refractivity contribution in [2.75, 3.05) is 0 Å². The second-order valence-corrected chi connectivity index (χ2v) is 8.95. The monoisotopic (exact) mass is 414 g/mol. The third-order valence-electron chi connectivity index (χ3n) is 5.19. The summed E-state index contributed by atoms with van der Waals surface area (Å²) in [4.78, 5) is 39.0. The van der Waals surface area contributed by atoms with Crippen molar-refractivity contribution < 1.29 is 14.6 Å². The van der Waals surface area contributed by atoms with Crippen molar-refractivity contribution in [3.05, 3.63) is 67.2 Å². The van der Waals surface area contributed by atoms with E-state index < -0.39 is 29.4 Å². The highest BCUT2D eigenvalue weighted by Gasteiger charge is 2.32. The first-order chi connectivity index (χ1) is 13.8. The maximum atomic E-state index is 13.1. The van der Waals surface area contributed by atoms with Gasteiger partial charge in [0.2, 0.25) is 0 Å². The van der Waals surface area contributed by atoms with E-state index >= 15 is 0 Å². The first-order valence-corrected chi connectivity index (χ1v) is 10.3. The van der Waals surface area contributed by atoms with E-state index in [0.717, 1.165) is 20.6 Å². The maximum absolute atomic E-state index is 13.1. The molecular formula is C21H22N2O5S. The molecule has 1 N–H and O–H groups in total. The fraction of sp³-hybridized carbons (Fsp3) is 0.381. The normalized spacial score (nSPS) is 15.4. The van der Waals surface area contributed by atoms with Crippen molar-refractivity contribution in [3.63, 3.8) is 0 Å². The molecule has 0 amide bonds. The van der Waals surface area contributed by atoms with Gasteiger partial charge in [0.05, 0.1) is 17.6 Å². The quantitative estimate of drug-likeness (QED) is 0.692. The average Bonchev–Trinajstić information content (AvgIpc) is 3.03. The predicted octanol–water partition coefficient (Wildman–Crippen LogP) is 2.40. The van der Waals surface area contributed by atoms with Crippen LogP contribution >= 0.6 is 11.3 Å². The zero-order valence-electron chi connectivity index (χ0n) is 16.3. The highest BCUT2D eigenvalue weighted by Crippen LogP contribution is 2.37. The molecule has 0 unspecified atom stereocenters. The van der Waals surface area contributed by atoms with Crippen molar-refractivity contribution in [1.82, 2.24) is 9.13 Å². The molecule has 8 heteroatoms. The Kier molecular flexibility index (Phi) is 4.92. The fourth-order valence-electron chi connectivity index (χ4n) is 3.76. The number of rotatable bonds is 5. The molecule has 152 valence electrons. The van der Waals surface area contributed by atoms with Crippen LogP contribution in [0.25, 0.3) is 10.2 Å². The Bertz CT molecular complexity index is 1200. The van der Waals surface area contributed by atoms with Crippen molar-refractivity contribution >= 4 is 27.5 Å². The number of aryl methyl sites for hydroxylation is 2. The summed E-state index contributed by atoms with van der Waals surface area (Å²) in [6.07, 6.45) is 1.15. The summed E-state index contributed by atoms with van der Waals surface area (Å²) in [6.45, 7) is 4.01. The lowest BCUT2D eigenvalue weighted by Crippen LogP contribution is -2.42. The van der Waals surface area contributed by atoms with Gasteiger partial charge in [0, 0.05) is 17.8 Å². The molecule has 2 aromatic heterocycles. The molecule has 0 fully saturated rings. The number of hydrogen-bond acceptors (Lipinski definition) is 5. The van der Waals surface area contributed by atoms with E-state index in [0.29, 0.717) is 36.2 Å². The number of aliphatic carboxylic acids is 1. The molecule has 0 radical (unpaired) electrons. The highest BCUT2D eigenvalue weighted by molar-refractivity contribution is 7.18. The SMILES string of the molecule is CC1(C)Cc2c(sc3c2c(=O)n(CC(=O)O)c(=O)n3CCc2ccccc2)CO1. The summed E-state index contributed by atoms with van der Waals surface area (Å²) in [6, 6.07) is 9.75. The van der Waals surface area contributed by atoms with Crippen LogP contribution in [-0.2, 0) is 42.1 Å². The number of carbonyl (C=O) groups is 1. The van der Waals surface area contributed by atoms with Crippen LogP contribution in [0.1, 0.15) is 29.9 Å². The Balaban J connectivity index is 1.91. The van der Waals surface area contributed by atoms with Gasteiger partial charge in [0.25, 0.3) is 5.56 Å². The van der Waals surface area contributed by atoms with E-state index in [1.807, 2.05) is 44.2 Å². The van der Waals surface area contributed by atoms with E-state index in [2.05, 4.69) is 0 Å². The molecule has 1 aliphatic rings. The van der Waals surface area contributed by atoms with Crippen LogP contribution in [-0.4, -0.2) is 25.8 Å². The second kappa shape index (κ2) is 7.27. The standard InChI is InChI=1S/C21H22N2O5S/c1-21(2)10-14-15(12-28-21)29-19-17(14)18(26)23(11-16(24)25)20(27)22(19)9-8-13-6-4-3-5-7-13/h3-7H,8-12H2,1-2H3,(H,24,25). The molecule has 1 aromatic carbocycles. The number of ether oxygens (including phenoxy) is 1. The number of hydrogen-bond donors (Lipinski definition) is 1. The molecule has 7 nitrogen and oxygen atoms in total. The zero-order chi connectivity index (χ0) is 20.8. The van der Waals surface area contributed by atoms with Crippen LogP contribution in [0.15, 0.2) is 39.9 Å². The van der Waals surface area contributed by atoms with Gasteiger partial charge in [-0.05, 0) is 31.4 Å². The molecule has 0 saturated heterocycles. The topological polar surface area (TPSA) is 90.5 Å². The first kappa shape index (κ1) is 19.6. The van der Waals surface area contributed by atoms with Gasteiger partial charge in [-0.2, -0.15) is 0 Å². The Morgan fingerprint density at radius 1 is 1.21 bits per heavy atom. The third kappa shape index (κ3) is 3.65. The lowest BCUT2D eigenvalue weighted by atomic mass is 9.94. The second-order valence-electron chi connectivity index (χ2n) is 7.86. The number of aromatic nitrogens is 2. The fourth-order valence-corrected chi connectivity index (χ4v) is 5.00. The van der Waals surface area contributed by atoms with Crippen LogP contribution in [0.5, 0.6) is 0 Å². The minimum Gasteiger partial charge on any atom is -0.480 e. The summed E-state index contributed by atoms with van der Waals surface area (Å²) in [5, 5.41) is 9.69. The minimum absolute atomic E-state index is 0.364. The molecule has 3 heterocycles. The summed E-state index contributed by atoms with van der Waals surface area (Å²) in [7, 11) is 0. The van der Waals surface area contributed by atoms with E-state index in [1.165, 1.54) is 11.3 Å². The summed E-state index contributed by atoms with van der Waals surface area (Å²) >= 11 is 1.40. The van der Waals surface area contributed by atoms with Crippen molar-refractivity contribution in [2.45, 2.75) is 52.0 Å². The van der Waals surface area contributed by atoms with E-state index in [4.69, 9.17) is 4.74 Å². The van der Waals surface area contributed by atoms with Crippen molar-refractivity contribution in [3.8, 4) is 0 Å². The van der Waals surface area contributed by atoms with Gasteiger partial charge in [-0.1, -0.05) is 30.3 Å². The lowest BCUT2D eigenvalue weighted by Gasteiger charge is -2.29. The molecule has 0 aliphatic carbocycles. The first-order valence-electron chi connectivity index (χ1n) is 9.44. The summed E-state index contributed by atoms with van der Waals surface area (Å²) < 4.78 is 8.26. The zero-order valence-corrected chi connectivity index (χ0v) is 17.1. The van der Waals surface area contributed by atoms with Crippen molar-refractivity contribution in [1.29, 1.82) is 0 Å². The lowest BCUT2D eigenvalue weighted by molar-refractivity contribution is -0.137. The van der Waals surface area contributed by atoms with Gasteiger partial charge in [-0.3, -0.25) is 14.2 Å². The molecule has 0 spiro atoms. The molecule has 0 saturated carbocycles. The van der Waals surface area contributed by atoms with Crippen LogP contribution in [0, 0.1) is 0 Å². The number of benzene rings is 1. The van der Waals surface area contributed by atoms with Crippen LogP contribution in [0.3, 0.4) is 0 Å². The van der Waals surface area contributed by atoms with E-state index in [1.54, 1.807) is 4.57 Å². The highest BCUT2D eigenvalue weighted by atomic mass is 32.1. The Labute approximate surface area is 170 Å². The van der Waals surface area contributed by atoms with Gasteiger partial charge >= 0.3 is 11.7 Å². The average molecular weight is 414 g/mol. The van der Waals surface area contributed by atoms with Gasteiger partial charge in [0.1, 0.15) is 11.4 Å². The predicted molar refractivity (Wildman–Crippen MR) is 111 cm³/mol. The smallest absolute Gasteiger partial charge is 0.332 e. The molecule has 3 aromatic rings. The van der Waals surface area contributed by atoms with E-state index in [9.17, 15) is 19.5 Å². The number of carboxylic acids is 1. The van der Waals surface area contributed by atoms with Crippen molar-refractivity contribution in [2.24, 2.45) is 0 Å². The van der Waals surface area contributed by atoms with Crippen LogP contribution < -0.4 is 11.2 Å². The number of carboxylic acid groups (broad SMARTS) is 1. The Hall–Kier alpha value is -2.71. The van der Waals surface area contributed by atoms with Gasteiger partial charge in [-0.25, -0.2) is 9.36 Å². The molecule has 0 bridgehead atoms. The number of nitrogens with zero attached hydrogens (tertiary/aromatic N) is 2. The third-order valence-corrected chi connectivity index (χ3v) is 6.42. The summed E-state index contributed by atoms with van der Waals surface area (Å²) in [5.74, 6) is -1.22. The van der Waals surface area contributed by atoms with Gasteiger partial charge in [-0.15, -0.1) is 11.3 Å². The molecule has 1 aliphatic heterocycles. The molecular weight excluding hydrogens is 392 g/mol. The van der Waals surface area contributed by atoms with E-state index in [-0.39, 0.29) is 0 Å². The van der Waals surface area contributed by atoms with Gasteiger partial charge in [0.15, 0.2) is 0 Å². The number of fused-ring (bicyclic) bond motifs is 3. The Morgan fingerprint density at radius 3 is 2.62 bits per heavy atom. The number of thiophene rings is 1. The van der Waals surface area contributed by atoms with Crippen LogP contribution in [0.4, 0.5) is 0 Å². The summed E-state index contributed by atoms with van der Waals surface area (Å²) in [5.41, 5.74) is 0.405. The molecule has 29 heavy (non-hydrogen) atoms. The van der Waals surface area contributed by atoms with Gasteiger partial charge < -0.3 is 9.84 Å². The van der Waals surface area contributed by atoms with Crippen LogP contribution in [0.2, 0.25) is 0 Å². The largest absolute Gasteiger partial charge is 0.480 e. The maximum Gasteiger partial charge on any atom is 0.332 e. The molecule has 0 atom stereocenters. The molecule has 4 rings (SSSR count).